The standard InChI is InChI=1S/C26H23F2NO3/c1-2-31-26(30)24-11-6-10-23(29-24)19-9-5-8-18(19)20-7-3-4-12-25(20)32-16-17-13-14-21(27)22(28)15-17/h3-4,6-7,10-15H,2,5,8-9,16H2,1H3. The summed E-state index contributed by atoms with van der Waals surface area (Å²) in [5.41, 5.74) is 4.69. The van der Waals surface area contributed by atoms with Crippen LogP contribution in [-0.4, -0.2) is 17.6 Å². The Bertz CT molecular complexity index is 1170. The van der Waals surface area contributed by atoms with Crippen molar-refractivity contribution < 1.29 is 23.0 Å². The van der Waals surface area contributed by atoms with E-state index in [9.17, 15) is 13.6 Å². The molecule has 0 N–H and O–H groups in total. The molecule has 32 heavy (non-hydrogen) atoms. The van der Waals surface area contributed by atoms with Crippen molar-refractivity contribution in [1.82, 2.24) is 4.98 Å². The van der Waals surface area contributed by atoms with E-state index in [1.165, 1.54) is 6.07 Å². The Labute approximate surface area is 185 Å². The first-order chi connectivity index (χ1) is 15.6. The van der Waals surface area contributed by atoms with Gasteiger partial charge < -0.3 is 9.47 Å². The molecule has 3 aromatic rings. The first-order valence-corrected chi connectivity index (χ1v) is 10.6. The first-order valence-electron chi connectivity index (χ1n) is 10.6. The lowest BCUT2D eigenvalue weighted by Crippen LogP contribution is -2.08. The first kappa shape index (κ1) is 21.7. The van der Waals surface area contributed by atoms with Crippen LogP contribution in [0.3, 0.4) is 0 Å². The van der Waals surface area contributed by atoms with Gasteiger partial charge in [-0.15, -0.1) is 0 Å². The third-order valence-electron chi connectivity index (χ3n) is 5.35. The van der Waals surface area contributed by atoms with Gasteiger partial charge in [-0.1, -0.05) is 30.3 Å². The van der Waals surface area contributed by atoms with Crippen LogP contribution in [0.2, 0.25) is 0 Å². The van der Waals surface area contributed by atoms with Gasteiger partial charge in [-0.3, -0.25) is 0 Å². The van der Waals surface area contributed by atoms with E-state index in [1.807, 2.05) is 36.4 Å². The number of carbonyl (C=O) groups excluding carboxylic acids is 1. The molecule has 0 atom stereocenters. The van der Waals surface area contributed by atoms with Gasteiger partial charge >= 0.3 is 5.97 Å². The summed E-state index contributed by atoms with van der Waals surface area (Å²) < 4.78 is 37.8. The van der Waals surface area contributed by atoms with Crippen LogP contribution in [0.4, 0.5) is 8.78 Å². The van der Waals surface area contributed by atoms with E-state index < -0.39 is 17.6 Å². The molecule has 1 aromatic heterocycles. The van der Waals surface area contributed by atoms with Gasteiger partial charge in [0, 0.05) is 5.56 Å². The average molecular weight is 435 g/mol. The molecule has 0 spiro atoms. The van der Waals surface area contributed by atoms with Gasteiger partial charge in [0.2, 0.25) is 0 Å². The molecule has 2 aromatic carbocycles. The summed E-state index contributed by atoms with van der Waals surface area (Å²) in [6.45, 7) is 2.17. The number of allylic oxidation sites excluding steroid dienone is 2. The summed E-state index contributed by atoms with van der Waals surface area (Å²) in [4.78, 5) is 16.7. The van der Waals surface area contributed by atoms with Crippen molar-refractivity contribution in [2.24, 2.45) is 0 Å². The third kappa shape index (κ3) is 4.69. The Kier molecular flexibility index (Phi) is 6.59. The lowest BCUT2D eigenvalue weighted by Gasteiger charge is -2.14. The molecule has 1 heterocycles. The van der Waals surface area contributed by atoms with E-state index in [4.69, 9.17) is 9.47 Å². The van der Waals surface area contributed by atoms with Gasteiger partial charge in [0.15, 0.2) is 11.6 Å². The Morgan fingerprint density at radius 3 is 2.59 bits per heavy atom. The van der Waals surface area contributed by atoms with Crippen molar-refractivity contribution in [2.45, 2.75) is 32.8 Å². The molecule has 0 aliphatic heterocycles. The van der Waals surface area contributed by atoms with Crippen LogP contribution in [-0.2, 0) is 11.3 Å². The summed E-state index contributed by atoms with van der Waals surface area (Å²) >= 11 is 0. The highest BCUT2D eigenvalue weighted by Gasteiger charge is 2.22. The van der Waals surface area contributed by atoms with E-state index in [0.29, 0.717) is 17.9 Å². The van der Waals surface area contributed by atoms with Gasteiger partial charge in [0.1, 0.15) is 18.1 Å². The van der Waals surface area contributed by atoms with Crippen LogP contribution in [0.15, 0.2) is 60.7 Å². The number of rotatable bonds is 7. The van der Waals surface area contributed by atoms with E-state index in [2.05, 4.69) is 4.98 Å². The summed E-state index contributed by atoms with van der Waals surface area (Å²) in [7, 11) is 0. The second kappa shape index (κ2) is 9.73. The zero-order valence-electron chi connectivity index (χ0n) is 17.7. The second-order valence-corrected chi connectivity index (χ2v) is 7.47. The summed E-state index contributed by atoms with van der Waals surface area (Å²) in [6.07, 6.45) is 2.66. The monoisotopic (exact) mass is 435 g/mol. The molecule has 0 saturated carbocycles. The van der Waals surface area contributed by atoms with Gasteiger partial charge in [0.05, 0.1) is 12.3 Å². The number of aromatic nitrogens is 1. The smallest absolute Gasteiger partial charge is 0.356 e. The number of carbonyl (C=O) groups is 1. The molecule has 1 aliphatic carbocycles. The number of hydrogen-bond donors (Lipinski definition) is 0. The Hall–Kier alpha value is -3.54. The van der Waals surface area contributed by atoms with Crippen LogP contribution in [0.1, 0.15) is 53.5 Å². The molecule has 164 valence electrons. The molecule has 1 aliphatic rings. The summed E-state index contributed by atoms with van der Waals surface area (Å²) in [6, 6.07) is 16.8. The maximum absolute atomic E-state index is 13.5. The fraction of sp³-hybridized carbons (Fsp3) is 0.231. The normalized spacial score (nSPS) is 13.3. The fourth-order valence-corrected chi connectivity index (χ4v) is 3.88. The minimum atomic E-state index is -0.896. The zero-order chi connectivity index (χ0) is 22.5. The van der Waals surface area contributed by atoms with Crippen molar-refractivity contribution in [3.63, 3.8) is 0 Å². The summed E-state index contributed by atoms with van der Waals surface area (Å²) in [5, 5.41) is 0. The third-order valence-corrected chi connectivity index (χ3v) is 5.35. The molecule has 4 rings (SSSR count). The van der Waals surface area contributed by atoms with E-state index in [-0.39, 0.29) is 12.3 Å². The number of ether oxygens (including phenoxy) is 2. The molecular weight excluding hydrogens is 412 g/mol. The van der Waals surface area contributed by atoms with Gasteiger partial charge in [0.25, 0.3) is 0 Å². The minimum absolute atomic E-state index is 0.118. The quantitative estimate of drug-likeness (QED) is 0.414. The Balaban J connectivity index is 1.64. The number of para-hydroxylation sites is 1. The second-order valence-electron chi connectivity index (χ2n) is 7.47. The SMILES string of the molecule is CCOC(=O)c1cccc(C2=C(c3ccccc3OCc3ccc(F)c(F)c3)CCC2)n1. The number of halogens is 2. The topological polar surface area (TPSA) is 48.4 Å². The number of benzene rings is 2. The van der Waals surface area contributed by atoms with Crippen molar-refractivity contribution in [1.29, 1.82) is 0 Å². The molecule has 0 bridgehead atoms. The molecule has 0 amide bonds. The van der Waals surface area contributed by atoms with Gasteiger partial charge in [-0.05, 0) is 73.2 Å². The fourth-order valence-electron chi connectivity index (χ4n) is 3.88. The van der Waals surface area contributed by atoms with Crippen molar-refractivity contribution >= 4 is 17.1 Å². The van der Waals surface area contributed by atoms with E-state index in [0.717, 1.165) is 53.8 Å². The highest BCUT2D eigenvalue weighted by Crippen LogP contribution is 2.42. The highest BCUT2D eigenvalue weighted by atomic mass is 19.2. The Morgan fingerprint density at radius 2 is 1.78 bits per heavy atom. The van der Waals surface area contributed by atoms with E-state index >= 15 is 0 Å². The molecule has 6 heteroatoms. The van der Waals surface area contributed by atoms with Gasteiger partial charge in [-0.2, -0.15) is 0 Å². The van der Waals surface area contributed by atoms with Crippen molar-refractivity contribution in [3.05, 3.63) is 94.8 Å². The minimum Gasteiger partial charge on any atom is -0.488 e. The average Bonchev–Trinajstić information content (AvgIpc) is 3.30. The molecule has 0 radical (unpaired) electrons. The lowest BCUT2D eigenvalue weighted by atomic mass is 9.99. The van der Waals surface area contributed by atoms with Crippen LogP contribution in [0.5, 0.6) is 5.75 Å². The number of esters is 1. The van der Waals surface area contributed by atoms with Crippen LogP contribution in [0, 0.1) is 11.6 Å². The van der Waals surface area contributed by atoms with Crippen LogP contribution in [0.25, 0.3) is 11.1 Å². The van der Waals surface area contributed by atoms with Crippen molar-refractivity contribution in [3.8, 4) is 5.75 Å². The lowest BCUT2D eigenvalue weighted by molar-refractivity contribution is 0.0519. The molecule has 0 saturated heterocycles. The maximum Gasteiger partial charge on any atom is 0.356 e. The predicted molar refractivity (Wildman–Crippen MR) is 118 cm³/mol. The van der Waals surface area contributed by atoms with Crippen LogP contribution < -0.4 is 4.74 Å². The zero-order valence-corrected chi connectivity index (χ0v) is 17.7. The predicted octanol–water partition coefficient (Wildman–Crippen LogP) is 6.21. The van der Waals surface area contributed by atoms with Crippen molar-refractivity contribution in [2.75, 3.05) is 6.61 Å². The van der Waals surface area contributed by atoms with Gasteiger partial charge in [-0.25, -0.2) is 18.6 Å². The number of pyridine rings is 1. The number of nitrogens with zero attached hydrogens (tertiary/aromatic N) is 1. The Morgan fingerprint density at radius 1 is 0.969 bits per heavy atom. The number of hydrogen-bond acceptors (Lipinski definition) is 4. The summed E-state index contributed by atoms with van der Waals surface area (Å²) in [5.74, 6) is -1.56. The molecule has 0 unspecified atom stereocenters. The largest absolute Gasteiger partial charge is 0.488 e. The highest BCUT2D eigenvalue weighted by molar-refractivity contribution is 5.94. The van der Waals surface area contributed by atoms with Crippen LogP contribution >= 0.6 is 0 Å². The molecule has 4 nitrogen and oxygen atoms in total. The van der Waals surface area contributed by atoms with E-state index in [1.54, 1.807) is 13.0 Å². The molecular formula is C26H23F2NO3. The molecule has 0 fully saturated rings. The maximum atomic E-state index is 13.5.